The molecule has 3 aromatic rings. The van der Waals surface area contributed by atoms with E-state index in [0.717, 1.165) is 16.8 Å². The van der Waals surface area contributed by atoms with Crippen LogP contribution in [0.4, 0.5) is 0 Å². The first-order valence-electron chi connectivity index (χ1n) is 12.9. The number of benzene rings is 2. The van der Waals surface area contributed by atoms with Gasteiger partial charge in [0.05, 0.1) is 0 Å². The molecule has 2 heterocycles. The summed E-state index contributed by atoms with van der Waals surface area (Å²) < 4.78 is 0. The van der Waals surface area contributed by atoms with Gasteiger partial charge in [-0.15, -0.1) is 0 Å². The first kappa shape index (κ1) is 26.7. The standard InChI is InChI=1S/C30H32N4O4/c35-27-17-16-25(33-27)30(38)34(21-23-12-5-2-6-13-23)26(20-22-10-3-1-4-11-22)28(36)29(37)32-19-9-15-24-14-7-8-18-31-24/h1-8,10-14,18,25-26H,9,15-17,19-21H2,(H,32,37)(H,33,35). The Kier molecular flexibility index (Phi) is 9.34. The van der Waals surface area contributed by atoms with Crippen LogP contribution in [0.15, 0.2) is 85.1 Å². The van der Waals surface area contributed by atoms with E-state index in [2.05, 4.69) is 15.6 Å². The highest BCUT2D eigenvalue weighted by atomic mass is 16.2. The Hall–Kier alpha value is -4.33. The van der Waals surface area contributed by atoms with Gasteiger partial charge in [-0.25, -0.2) is 0 Å². The summed E-state index contributed by atoms with van der Waals surface area (Å²) in [6.07, 6.45) is 3.80. The largest absolute Gasteiger partial charge is 0.349 e. The molecule has 1 fully saturated rings. The lowest BCUT2D eigenvalue weighted by atomic mass is 9.98. The lowest BCUT2D eigenvalue weighted by Gasteiger charge is -2.33. The highest BCUT2D eigenvalue weighted by Gasteiger charge is 2.38. The molecule has 8 nitrogen and oxygen atoms in total. The van der Waals surface area contributed by atoms with E-state index in [1.165, 1.54) is 4.90 Å². The minimum Gasteiger partial charge on any atom is -0.349 e. The van der Waals surface area contributed by atoms with Crippen LogP contribution in [-0.4, -0.2) is 52.0 Å². The molecular weight excluding hydrogens is 480 g/mol. The van der Waals surface area contributed by atoms with Crippen molar-refractivity contribution in [1.29, 1.82) is 0 Å². The van der Waals surface area contributed by atoms with Crippen LogP contribution in [0.25, 0.3) is 0 Å². The number of hydrogen-bond acceptors (Lipinski definition) is 5. The van der Waals surface area contributed by atoms with Crippen LogP contribution >= 0.6 is 0 Å². The van der Waals surface area contributed by atoms with Crippen LogP contribution in [0.2, 0.25) is 0 Å². The maximum Gasteiger partial charge on any atom is 0.289 e. The third-order valence-corrected chi connectivity index (χ3v) is 6.57. The van der Waals surface area contributed by atoms with Gasteiger partial charge in [0.2, 0.25) is 17.6 Å². The van der Waals surface area contributed by atoms with Gasteiger partial charge < -0.3 is 15.5 Å². The molecule has 2 N–H and O–H groups in total. The molecule has 1 aliphatic heterocycles. The number of nitrogens with one attached hydrogen (secondary N) is 2. The molecule has 0 spiro atoms. The van der Waals surface area contributed by atoms with Crippen molar-refractivity contribution in [3.8, 4) is 0 Å². The van der Waals surface area contributed by atoms with Gasteiger partial charge in [0, 0.05) is 37.8 Å². The number of aromatic nitrogens is 1. The summed E-state index contributed by atoms with van der Waals surface area (Å²) in [6.45, 7) is 0.451. The van der Waals surface area contributed by atoms with Gasteiger partial charge in [-0.1, -0.05) is 66.7 Å². The number of nitrogens with zero attached hydrogens (tertiary/aromatic N) is 2. The topological polar surface area (TPSA) is 108 Å². The zero-order valence-corrected chi connectivity index (χ0v) is 21.2. The lowest BCUT2D eigenvalue weighted by Crippen LogP contribution is -2.55. The maximum atomic E-state index is 13.7. The van der Waals surface area contributed by atoms with Gasteiger partial charge in [0.15, 0.2) is 0 Å². The smallest absolute Gasteiger partial charge is 0.289 e. The minimum absolute atomic E-state index is 0.141. The number of hydrogen-bond donors (Lipinski definition) is 2. The molecule has 1 saturated heterocycles. The van der Waals surface area contributed by atoms with Crippen LogP contribution in [0, 0.1) is 0 Å². The van der Waals surface area contributed by atoms with Crippen LogP contribution in [-0.2, 0) is 38.6 Å². The van der Waals surface area contributed by atoms with Crippen molar-refractivity contribution < 1.29 is 19.2 Å². The molecule has 1 aliphatic rings. The Balaban J connectivity index is 1.54. The van der Waals surface area contributed by atoms with E-state index < -0.39 is 23.8 Å². The molecule has 38 heavy (non-hydrogen) atoms. The summed E-state index contributed by atoms with van der Waals surface area (Å²) in [5.41, 5.74) is 2.56. The van der Waals surface area contributed by atoms with Gasteiger partial charge in [-0.2, -0.15) is 0 Å². The summed E-state index contributed by atoms with van der Waals surface area (Å²) in [5, 5.41) is 5.45. The van der Waals surface area contributed by atoms with Crippen molar-refractivity contribution in [2.75, 3.05) is 6.54 Å². The third kappa shape index (κ3) is 7.35. The zero-order valence-electron chi connectivity index (χ0n) is 21.2. The Labute approximate surface area is 222 Å². The normalized spacial score (nSPS) is 15.4. The zero-order chi connectivity index (χ0) is 26.7. The van der Waals surface area contributed by atoms with Gasteiger partial charge in [0.1, 0.15) is 12.1 Å². The fourth-order valence-electron chi connectivity index (χ4n) is 4.56. The van der Waals surface area contributed by atoms with E-state index in [1.807, 2.05) is 78.9 Å². The van der Waals surface area contributed by atoms with Crippen LogP contribution in [0.1, 0.15) is 36.1 Å². The van der Waals surface area contributed by atoms with E-state index >= 15 is 0 Å². The molecule has 3 amide bonds. The maximum absolute atomic E-state index is 13.7. The first-order chi connectivity index (χ1) is 18.5. The third-order valence-electron chi connectivity index (χ3n) is 6.57. The molecule has 4 rings (SSSR count). The lowest BCUT2D eigenvalue weighted by molar-refractivity contribution is -0.147. The van der Waals surface area contributed by atoms with Crippen molar-refractivity contribution in [2.24, 2.45) is 0 Å². The van der Waals surface area contributed by atoms with Gasteiger partial charge in [0.25, 0.3) is 5.91 Å². The number of rotatable bonds is 12. The molecule has 196 valence electrons. The van der Waals surface area contributed by atoms with E-state index in [0.29, 0.717) is 25.8 Å². The predicted molar refractivity (Wildman–Crippen MR) is 143 cm³/mol. The van der Waals surface area contributed by atoms with Crippen molar-refractivity contribution in [3.63, 3.8) is 0 Å². The monoisotopic (exact) mass is 512 g/mol. The molecule has 2 atom stereocenters. The quantitative estimate of drug-likeness (QED) is 0.287. The van der Waals surface area contributed by atoms with Crippen LogP contribution < -0.4 is 10.6 Å². The Morgan fingerprint density at radius 3 is 2.26 bits per heavy atom. The molecule has 0 aliphatic carbocycles. The van der Waals surface area contributed by atoms with Crippen LogP contribution in [0.5, 0.6) is 0 Å². The van der Waals surface area contributed by atoms with Gasteiger partial charge >= 0.3 is 0 Å². The molecule has 2 aromatic carbocycles. The first-order valence-corrected chi connectivity index (χ1v) is 12.9. The molecule has 2 unspecified atom stereocenters. The minimum atomic E-state index is -1.03. The van der Waals surface area contributed by atoms with E-state index in [-0.39, 0.29) is 31.2 Å². The Bertz CT molecular complexity index is 1230. The van der Waals surface area contributed by atoms with Crippen LogP contribution in [0.3, 0.4) is 0 Å². The van der Waals surface area contributed by atoms with E-state index in [1.54, 1.807) is 6.20 Å². The number of carbonyl (C=O) groups excluding carboxylic acids is 4. The average molecular weight is 513 g/mol. The van der Waals surface area contributed by atoms with E-state index in [4.69, 9.17) is 0 Å². The molecule has 0 saturated carbocycles. The van der Waals surface area contributed by atoms with Crippen molar-refractivity contribution in [2.45, 2.75) is 50.7 Å². The number of amides is 3. The molecule has 0 radical (unpaired) electrons. The molecule has 1 aromatic heterocycles. The highest BCUT2D eigenvalue weighted by Crippen LogP contribution is 2.19. The number of carbonyl (C=O) groups is 4. The average Bonchev–Trinajstić information content (AvgIpc) is 3.40. The second-order valence-corrected chi connectivity index (χ2v) is 9.36. The Morgan fingerprint density at radius 2 is 1.63 bits per heavy atom. The molecule has 0 bridgehead atoms. The number of aryl methyl sites for hydroxylation is 1. The number of ketones is 1. The summed E-state index contributed by atoms with van der Waals surface area (Å²) in [6, 6.07) is 22.6. The second kappa shape index (κ2) is 13.3. The predicted octanol–water partition coefficient (Wildman–Crippen LogP) is 2.62. The SMILES string of the molecule is O=C1CCC(C(=O)N(Cc2ccccc2)C(Cc2ccccc2)C(=O)C(=O)NCCCc2ccccn2)N1. The summed E-state index contributed by atoms with van der Waals surface area (Å²) >= 11 is 0. The fraction of sp³-hybridized carbons (Fsp3) is 0.300. The number of pyridine rings is 1. The molecular formula is C30H32N4O4. The number of Topliss-reactive ketones (excluding diaryl/α,β-unsaturated/α-hetero) is 1. The van der Waals surface area contributed by atoms with E-state index in [9.17, 15) is 19.2 Å². The fourth-order valence-corrected chi connectivity index (χ4v) is 4.56. The Morgan fingerprint density at radius 1 is 0.947 bits per heavy atom. The highest BCUT2D eigenvalue weighted by molar-refractivity contribution is 6.38. The molecule has 8 heteroatoms. The van der Waals surface area contributed by atoms with Crippen molar-refractivity contribution in [1.82, 2.24) is 20.5 Å². The summed E-state index contributed by atoms with van der Waals surface area (Å²) in [7, 11) is 0. The van der Waals surface area contributed by atoms with Gasteiger partial charge in [-0.3, -0.25) is 24.2 Å². The van der Waals surface area contributed by atoms with Gasteiger partial charge in [-0.05, 0) is 42.5 Å². The summed E-state index contributed by atoms with van der Waals surface area (Å²) in [4.78, 5) is 58.0. The van der Waals surface area contributed by atoms with Crippen molar-refractivity contribution in [3.05, 3.63) is 102 Å². The van der Waals surface area contributed by atoms with Crippen molar-refractivity contribution >= 4 is 23.5 Å². The summed E-state index contributed by atoms with van der Waals surface area (Å²) in [5.74, 6) is -1.97. The second-order valence-electron chi connectivity index (χ2n) is 9.36.